The molecule has 0 amide bonds. The van der Waals surface area contributed by atoms with Crippen molar-refractivity contribution in [1.29, 1.82) is 0 Å². The molecule has 14 nitrogen and oxygen atoms in total. The minimum Gasteiger partial charge on any atom is -0.379 e. The van der Waals surface area contributed by atoms with E-state index in [0.29, 0.717) is 132 Å². The van der Waals surface area contributed by atoms with Gasteiger partial charge in [0.15, 0.2) is 0 Å². The van der Waals surface area contributed by atoms with E-state index < -0.39 is 10.1 Å². The van der Waals surface area contributed by atoms with Crippen LogP contribution in [-0.2, 0) is 66.4 Å². The molecule has 0 saturated carbocycles. The van der Waals surface area contributed by atoms with Gasteiger partial charge in [0.1, 0.15) is 0 Å². The summed E-state index contributed by atoms with van der Waals surface area (Å²) >= 11 is 0. The Bertz CT molecular complexity index is 957. The van der Waals surface area contributed by atoms with Crippen molar-refractivity contribution in [2.45, 2.75) is 63.2 Å². The molecule has 0 saturated heterocycles. The molecule has 0 bridgehead atoms. The Morgan fingerprint density at radius 1 is 0.340 bits per heavy atom. The van der Waals surface area contributed by atoms with Gasteiger partial charge in [-0.3, -0.25) is 4.18 Å². The van der Waals surface area contributed by atoms with Gasteiger partial charge in [-0.25, -0.2) is 0 Å². The summed E-state index contributed by atoms with van der Waals surface area (Å²) in [7, 11) is -3.76. The molecule has 312 valence electrons. The maximum atomic E-state index is 12.0. The van der Waals surface area contributed by atoms with Crippen molar-refractivity contribution < 1.29 is 64.7 Å². The highest BCUT2D eigenvalue weighted by Gasteiger charge is 2.13. The highest BCUT2D eigenvalue weighted by atomic mass is 32.2. The van der Waals surface area contributed by atoms with Gasteiger partial charge in [-0.2, -0.15) is 8.42 Å². The van der Waals surface area contributed by atoms with E-state index in [2.05, 4.69) is 6.92 Å². The van der Waals surface area contributed by atoms with E-state index in [1.165, 1.54) is 57.1 Å². The molecular weight excluding hydrogens is 712 g/mol. The Morgan fingerprint density at radius 3 is 0.925 bits per heavy atom. The van der Waals surface area contributed by atoms with Gasteiger partial charge in [-0.1, -0.05) is 70.1 Å². The van der Waals surface area contributed by atoms with Gasteiger partial charge in [-0.05, 0) is 18.6 Å². The summed E-state index contributed by atoms with van der Waals surface area (Å²) in [6.07, 6.45) is 10.5. The topological polar surface area (TPSA) is 145 Å². The number of benzene rings is 1. The van der Waals surface area contributed by atoms with E-state index in [9.17, 15) is 8.42 Å². The molecule has 0 aromatic heterocycles. The number of ether oxygens (including phenoxy) is 11. The third-order valence-corrected chi connectivity index (χ3v) is 8.69. The normalized spacial score (nSPS) is 11.9. The van der Waals surface area contributed by atoms with Crippen LogP contribution in [0.1, 0.15) is 58.3 Å². The fraction of sp³-hybridized carbons (Fsp3) is 0.842. The van der Waals surface area contributed by atoms with Gasteiger partial charge in [-0.15, -0.1) is 0 Å². The Kier molecular flexibility index (Phi) is 37.9. The molecule has 0 aliphatic rings. The van der Waals surface area contributed by atoms with Crippen molar-refractivity contribution in [1.82, 2.24) is 0 Å². The van der Waals surface area contributed by atoms with Crippen molar-refractivity contribution in [3.8, 4) is 0 Å². The van der Waals surface area contributed by atoms with Gasteiger partial charge in [0.05, 0.1) is 150 Å². The van der Waals surface area contributed by atoms with E-state index in [-0.39, 0.29) is 18.1 Å². The first-order chi connectivity index (χ1) is 26.2. The SMILES string of the molecule is CCCCCCCCCCOCCOCCOCCOCCOCCOCCOCCOCCOCCOCCOCCOS(=O)(=O)c1ccccc1. The Balaban J connectivity index is 1.64. The molecule has 53 heavy (non-hydrogen) atoms. The number of rotatable bonds is 44. The summed E-state index contributed by atoms with van der Waals surface area (Å²) in [5.74, 6) is 0. The number of hydrogen-bond donors (Lipinski definition) is 0. The van der Waals surface area contributed by atoms with Crippen LogP contribution in [0.3, 0.4) is 0 Å². The predicted molar refractivity (Wildman–Crippen MR) is 201 cm³/mol. The van der Waals surface area contributed by atoms with Crippen LogP contribution in [0.2, 0.25) is 0 Å². The van der Waals surface area contributed by atoms with E-state index in [0.717, 1.165) is 13.0 Å². The van der Waals surface area contributed by atoms with Crippen LogP contribution in [0.5, 0.6) is 0 Å². The first kappa shape index (κ1) is 49.7. The second-order valence-electron chi connectivity index (χ2n) is 11.8. The van der Waals surface area contributed by atoms with E-state index in [4.69, 9.17) is 56.3 Å². The standard InChI is InChI=1S/C38H70O14S/c1-2-3-4-5-6-7-8-12-15-41-16-17-42-18-19-43-20-21-44-22-23-45-24-25-46-26-27-47-28-29-48-30-31-49-32-33-50-34-35-51-36-37-52-53(39,40)38-13-10-9-11-14-38/h9-11,13-14H,2-8,12,15-37H2,1H3. The first-order valence-electron chi connectivity index (χ1n) is 19.5. The van der Waals surface area contributed by atoms with Gasteiger partial charge >= 0.3 is 0 Å². The molecule has 0 radical (unpaired) electrons. The Morgan fingerprint density at radius 2 is 0.604 bits per heavy atom. The van der Waals surface area contributed by atoms with Crippen molar-refractivity contribution in [3.05, 3.63) is 30.3 Å². The maximum Gasteiger partial charge on any atom is 0.297 e. The molecule has 0 unspecified atom stereocenters. The van der Waals surface area contributed by atoms with E-state index in [1.807, 2.05) is 0 Å². The molecule has 0 spiro atoms. The van der Waals surface area contributed by atoms with Crippen LogP contribution < -0.4 is 0 Å². The summed E-state index contributed by atoms with van der Waals surface area (Å²) < 4.78 is 89.2. The highest BCUT2D eigenvalue weighted by Crippen LogP contribution is 2.11. The summed E-state index contributed by atoms with van der Waals surface area (Å²) in [6.45, 7) is 13.0. The van der Waals surface area contributed by atoms with Crippen LogP contribution >= 0.6 is 0 Å². The van der Waals surface area contributed by atoms with Crippen LogP contribution in [0, 0.1) is 0 Å². The van der Waals surface area contributed by atoms with Crippen molar-refractivity contribution in [3.63, 3.8) is 0 Å². The smallest absolute Gasteiger partial charge is 0.297 e. The summed E-state index contributed by atoms with van der Waals surface area (Å²) in [5.41, 5.74) is 0. The summed E-state index contributed by atoms with van der Waals surface area (Å²) in [4.78, 5) is 0.122. The molecular formula is C38H70O14S. The van der Waals surface area contributed by atoms with Crippen LogP contribution in [0.25, 0.3) is 0 Å². The van der Waals surface area contributed by atoms with Crippen LogP contribution in [-0.4, -0.2) is 160 Å². The average Bonchev–Trinajstić information content (AvgIpc) is 3.17. The zero-order valence-electron chi connectivity index (χ0n) is 32.4. The van der Waals surface area contributed by atoms with Gasteiger partial charge < -0.3 is 52.1 Å². The maximum absolute atomic E-state index is 12.0. The lowest BCUT2D eigenvalue weighted by Crippen LogP contribution is -2.16. The molecule has 0 heterocycles. The third kappa shape index (κ3) is 36.1. The van der Waals surface area contributed by atoms with Crippen molar-refractivity contribution >= 4 is 10.1 Å². The second-order valence-corrected chi connectivity index (χ2v) is 13.4. The lowest BCUT2D eigenvalue weighted by molar-refractivity contribution is -0.0277. The largest absolute Gasteiger partial charge is 0.379 e. The number of hydrogen-bond acceptors (Lipinski definition) is 14. The lowest BCUT2D eigenvalue weighted by Gasteiger charge is -2.09. The second kappa shape index (κ2) is 40.4. The van der Waals surface area contributed by atoms with Crippen LogP contribution in [0.4, 0.5) is 0 Å². The molecule has 0 atom stereocenters. The van der Waals surface area contributed by atoms with Crippen molar-refractivity contribution in [2.24, 2.45) is 0 Å². The molecule has 0 N–H and O–H groups in total. The average molecular weight is 783 g/mol. The first-order valence-corrected chi connectivity index (χ1v) is 20.9. The quantitative estimate of drug-likeness (QED) is 0.0665. The van der Waals surface area contributed by atoms with Gasteiger partial charge in [0.25, 0.3) is 10.1 Å². The van der Waals surface area contributed by atoms with Gasteiger partial charge in [0.2, 0.25) is 0 Å². The summed E-state index contributed by atoms with van der Waals surface area (Å²) in [6, 6.07) is 7.99. The molecule has 15 heteroatoms. The zero-order chi connectivity index (χ0) is 38.0. The molecule has 1 rings (SSSR count). The van der Waals surface area contributed by atoms with Crippen LogP contribution in [0.15, 0.2) is 35.2 Å². The highest BCUT2D eigenvalue weighted by molar-refractivity contribution is 7.86. The molecule has 0 aliphatic carbocycles. The van der Waals surface area contributed by atoms with Crippen molar-refractivity contribution in [2.75, 3.05) is 152 Å². The fourth-order valence-corrected chi connectivity index (χ4v) is 5.41. The molecule has 1 aromatic rings. The monoisotopic (exact) mass is 782 g/mol. The molecule has 0 fully saturated rings. The van der Waals surface area contributed by atoms with E-state index >= 15 is 0 Å². The predicted octanol–water partition coefficient (Wildman–Crippen LogP) is 4.72. The zero-order valence-corrected chi connectivity index (χ0v) is 33.2. The minimum atomic E-state index is -3.76. The lowest BCUT2D eigenvalue weighted by atomic mass is 10.1. The number of unbranched alkanes of at least 4 members (excludes halogenated alkanes) is 7. The Hall–Kier alpha value is -1.31. The third-order valence-electron chi connectivity index (χ3n) is 7.36. The van der Waals surface area contributed by atoms with E-state index in [1.54, 1.807) is 18.2 Å². The van der Waals surface area contributed by atoms with Gasteiger partial charge in [0, 0.05) is 6.61 Å². The fourth-order valence-electron chi connectivity index (χ4n) is 4.50. The molecule has 1 aromatic carbocycles. The minimum absolute atomic E-state index is 0.0576. The molecule has 0 aliphatic heterocycles. The summed E-state index contributed by atoms with van der Waals surface area (Å²) in [5, 5.41) is 0. The Labute approximate surface area is 319 Å².